The van der Waals surface area contributed by atoms with Gasteiger partial charge in [0, 0.05) is 18.7 Å². The second-order valence-corrected chi connectivity index (χ2v) is 7.73. The molecular formula is C21H29N3O5. The van der Waals surface area contributed by atoms with Gasteiger partial charge in [0.25, 0.3) is 5.91 Å². The summed E-state index contributed by atoms with van der Waals surface area (Å²) in [6.45, 7) is 7.74. The summed E-state index contributed by atoms with van der Waals surface area (Å²) in [7, 11) is 0. The lowest BCUT2D eigenvalue weighted by Gasteiger charge is -2.24. The van der Waals surface area contributed by atoms with E-state index in [9.17, 15) is 19.2 Å². The summed E-state index contributed by atoms with van der Waals surface area (Å²) in [5.41, 5.74) is 6.83. The van der Waals surface area contributed by atoms with E-state index in [0.717, 1.165) is 17.7 Å². The molecule has 1 fully saturated rings. The van der Waals surface area contributed by atoms with Gasteiger partial charge in [0.15, 0.2) is 6.10 Å². The van der Waals surface area contributed by atoms with Gasteiger partial charge < -0.3 is 15.4 Å². The van der Waals surface area contributed by atoms with Crippen molar-refractivity contribution >= 4 is 29.5 Å². The molecule has 1 aliphatic heterocycles. The zero-order valence-corrected chi connectivity index (χ0v) is 17.3. The van der Waals surface area contributed by atoms with Crippen molar-refractivity contribution in [1.82, 2.24) is 5.32 Å². The maximum atomic E-state index is 12.7. The number of primary amides is 1. The van der Waals surface area contributed by atoms with Gasteiger partial charge in [0.05, 0.1) is 5.92 Å². The molecule has 1 saturated heterocycles. The molecule has 8 nitrogen and oxygen atoms in total. The molecule has 1 heterocycles. The number of carbonyl (C=O) groups is 4. The highest BCUT2D eigenvalue weighted by Crippen LogP contribution is 2.34. The number of para-hydroxylation sites is 1. The lowest BCUT2D eigenvalue weighted by molar-refractivity contribution is -0.161. The number of imide groups is 1. The van der Waals surface area contributed by atoms with Crippen molar-refractivity contribution in [2.75, 3.05) is 11.4 Å². The SMILES string of the molecule is CC[C@H](C)c1ccccc1N1C[C@@H](C(=O)O[C@H](C(=O)NC(N)=O)C(C)C)CC1=O. The summed E-state index contributed by atoms with van der Waals surface area (Å²) in [6.07, 6.45) is -0.225. The van der Waals surface area contributed by atoms with Gasteiger partial charge in [0.2, 0.25) is 5.91 Å². The van der Waals surface area contributed by atoms with Crippen LogP contribution in [0.25, 0.3) is 0 Å². The Kier molecular flexibility index (Phi) is 7.36. The fourth-order valence-electron chi connectivity index (χ4n) is 3.37. The lowest BCUT2D eigenvalue weighted by atomic mass is 9.96. The summed E-state index contributed by atoms with van der Waals surface area (Å²) in [4.78, 5) is 49.9. The first kappa shape index (κ1) is 22.4. The number of nitrogens with one attached hydrogen (secondary N) is 1. The van der Waals surface area contributed by atoms with Gasteiger partial charge in [-0.25, -0.2) is 4.79 Å². The summed E-state index contributed by atoms with van der Waals surface area (Å²) in [5, 5.41) is 1.94. The first-order valence-corrected chi connectivity index (χ1v) is 9.85. The van der Waals surface area contributed by atoms with Crippen LogP contribution in [-0.4, -0.2) is 36.5 Å². The number of carbonyl (C=O) groups excluding carboxylic acids is 4. The van der Waals surface area contributed by atoms with Crippen molar-refractivity contribution in [2.45, 2.75) is 52.6 Å². The van der Waals surface area contributed by atoms with Crippen LogP contribution < -0.4 is 16.0 Å². The average Bonchev–Trinajstić information content (AvgIpc) is 3.06. The van der Waals surface area contributed by atoms with E-state index in [0.29, 0.717) is 0 Å². The molecule has 1 aromatic carbocycles. The topological polar surface area (TPSA) is 119 Å². The summed E-state index contributed by atoms with van der Waals surface area (Å²) >= 11 is 0. The molecule has 2 rings (SSSR count). The molecule has 0 saturated carbocycles. The Morgan fingerprint density at radius 3 is 2.48 bits per heavy atom. The van der Waals surface area contributed by atoms with E-state index < -0.39 is 29.9 Å². The van der Waals surface area contributed by atoms with Gasteiger partial charge in [0.1, 0.15) is 0 Å². The predicted octanol–water partition coefficient (Wildman–Crippen LogP) is 2.32. The molecule has 3 N–H and O–H groups in total. The van der Waals surface area contributed by atoms with Gasteiger partial charge in [-0.15, -0.1) is 0 Å². The maximum absolute atomic E-state index is 12.7. The van der Waals surface area contributed by atoms with Gasteiger partial charge in [-0.05, 0) is 29.9 Å². The van der Waals surface area contributed by atoms with Gasteiger partial charge >= 0.3 is 12.0 Å². The molecule has 1 aromatic rings. The van der Waals surface area contributed by atoms with Crippen molar-refractivity contribution in [2.24, 2.45) is 17.6 Å². The number of nitrogens with zero attached hydrogens (tertiary/aromatic N) is 1. The summed E-state index contributed by atoms with van der Waals surface area (Å²) in [6, 6.07) is 6.65. The third-order valence-corrected chi connectivity index (χ3v) is 5.18. The number of anilines is 1. The Morgan fingerprint density at radius 2 is 1.90 bits per heavy atom. The quantitative estimate of drug-likeness (QED) is 0.677. The fraction of sp³-hybridized carbons (Fsp3) is 0.524. The number of hydrogen-bond donors (Lipinski definition) is 2. The van der Waals surface area contributed by atoms with Crippen molar-refractivity contribution in [3.05, 3.63) is 29.8 Å². The lowest BCUT2D eigenvalue weighted by Crippen LogP contribution is -2.46. The maximum Gasteiger partial charge on any atom is 0.318 e. The molecule has 1 aliphatic rings. The molecule has 158 valence electrons. The average molecular weight is 403 g/mol. The molecule has 0 aliphatic carbocycles. The summed E-state index contributed by atoms with van der Waals surface area (Å²) < 4.78 is 5.35. The zero-order chi connectivity index (χ0) is 21.7. The third-order valence-electron chi connectivity index (χ3n) is 5.18. The molecule has 29 heavy (non-hydrogen) atoms. The number of urea groups is 1. The smallest absolute Gasteiger partial charge is 0.318 e. The largest absolute Gasteiger partial charge is 0.452 e. The Hall–Kier alpha value is -2.90. The van der Waals surface area contributed by atoms with E-state index >= 15 is 0 Å². The molecule has 0 unspecified atom stereocenters. The number of hydrogen-bond acceptors (Lipinski definition) is 5. The van der Waals surface area contributed by atoms with E-state index in [1.807, 2.05) is 29.6 Å². The number of esters is 1. The molecular weight excluding hydrogens is 374 g/mol. The Bertz CT molecular complexity index is 792. The van der Waals surface area contributed by atoms with Crippen molar-refractivity contribution in [3.8, 4) is 0 Å². The van der Waals surface area contributed by atoms with Crippen LogP contribution in [0.2, 0.25) is 0 Å². The minimum Gasteiger partial charge on any atom is -0.452 e. The molecule has 0 radical (unpaired) electrons. The predicted molar refractivity (Wildman–Crippen MR) is 108 cm³/mol. The second kappa shape index (κ2) is 9.54. The molecule has 4 amide bonds. The summed E-state index contributed by atoms with van der Waals surface area (Å²) in [5.74, 6) is -2.35. The molecule has 0 aromatic heterocycles. The fourth-order valence-corrected chi connectivity index (χ4v) is 3.37. The first-order chi connectivity index (χ1) is 13.6. The highest BCUT2D eigenvalue weighted by molar-refractivity contribution is 6.01. The van der Waals surface area contributed by atoms with Crippen LogP contribution in [0.5, 0.6) is 0 Å². The zero-order valence-electron chi connectivity index (χ0n) is 17.3. The highest BCUT2D eigenvalue weighted by Gasteiger charge is 2.39. The van der Waals surface area contributed by atoms with Crippen molar-refractivity contribution in [1.29, 1.82) is 0 Å². The number of amides is 4. The van der Waals surface area contributed by atoms with E-state index in [1.54, 1.807) is 18.7 Å². The number of benzene rings is 1. The minimum atomic E-state index is -1.16. The third kappa shape index (κ3) is 5.34. The normalized spacial score (nSPS) is 18.4. The first-order valence-electron chi connectivity index (χ1n) is 9.85. The van der Waals surface area contributed by atoms with E-state index in [2.05, 4.69) is 13.8 Å². The van der Waals surface area contributed by atoms with Crippen LogP contribution in [0, 0.1) is 11.8 Å². The van der Waals surface area contributed by atoms with Crippen LogP contribution in [0.15, 0.2) is 24.3 Å². The second-order valence-electron chi connectivity index (χ2n) is 7.73. The van der Waals surface area contributed by atoms with Gasteiger partial charge in [-0.1, -0.05) is 45.9 Å². The van der Waals surface area contributed by atoms with Crippen LogP contribution in [0.1, 0.15) is 52.0 Å². The van der Waals surface area contributed by atoms with E-state index in [-0.39, 0.29) is 30.7 Å². The van der Waals surface area contributed by atoms with Crippen LogP contribution in [0.3, 0.4) is 0 Å². The van der Waals surface area contributed by atoms with Gasteiger partial charge in [-0.3, -0.25) is 19.7 Å². The van der Waals surface area contributed by atoms with E-state index in [4.69, 9.17) is 10.5 Å². The molecule has 0 bridgehead atoms. The highest BCUT2D eigenvalue weighted by atomic mass is 16.5. The standard InChI is InChI=1S/C21H29N3O5/c1-5-13(4)15-8-6-7-9-16(15)24-11-14(10-17(24)25)20(27)29-18(12(2)3)19(26)23-21(22)28/h6-9,12-14,18H,5,10-11H2,1-4H3,(H3,22,23,26,28)/t13-,14-,18-/m0/s1. The van der Waals surface area contributed by atoms with Crippen LogP contribution in [0.4, 0.5) is 10.5 Å². The monoisotopic (exact) mass is 403 g/mol. The molecule has 0 spiro atoms. The number of ether oxygens (including phenoxy) is 1. The van der Waals surface area contributed by atoms with Crippen LogP contribution in [-0.2, 0) is 19.1 Å². The molecule has 8 heteroatoms. The Balaban J connectivity index is 2.14. The van der Waals surface area contributed by atoms with Gasteiger partial charge in [-0.2, -0.15) is 0 Å². The van der Waals surface area contributed by atoms with Crippen molar-refractivity contribution in [3.63, 3.8) is 0 Å². The minimum absolute atomic E-state index is 0.00985. The Morgan fingerprint density at radius 1 is 1.24 bits per heavy atom. The number of rotatable bonds is 7. The van der Waals surface area contributed by atoms with E-state index in [1.165, 1.54) is 0 Å². The number of nitrogens with two attached hydrogens (primary N) is 1. The van der Waals surface area contributed by atoms with Crippen LogP contribution >= 0.6 is 0 Å². The van der Waals surface area contributed by atoms with Crippen molar-refractivity contribution < 1.29 is 23.9 Å². The molecule has 3 atom stereocenters. The Labute approximate surface area is 170 Å².